The van der Waals surface area contributed by atoms with E-state index in [1.807, 2.05) is 0 Å². The molecule has 0 N–H and O–H groups in total. The van der Waals surface area contributed by atoms with Crippen molar-refractivity contribution in [1.29, 1.82) is 0 Å². The van der Waals surface area contributed by atoms with Gasteiger partial charge in [0.05, 0.1) is 9.16 Å². The largest absolute Gasteiger partial charge is 0.207 e. The van der Waals surface area contributed by atoms with Crippen molar-refractivity contribution in [3.63, 3.8) is 0 Å². The van der Waals surface area contributed by atoms with Crippen molar-refractivity contribution in [2.45, 2.75) is 5.38 Å². The molecule has 2 rings (SSSR count). The SMILES string of the molecule is Fc1cccc(F)c1C(Cl)c1ccc(Br)s1. The van der Waals surface area contributed by atoms with E-state index in [9.17, 15) is 8.78 Å². The van der Waals surface area contributed by atoms with Gasteiger partial charge in [-0.25, -0.2) is 8.78 Å². The Kier molecular flexibility index (Phi) is 3.62. The molecule has 0 bridgehead atoms. The molecule has 1 aromatic carbocycles. The van der Waals surface area contributed by atoms with E-state index < -0.39 is 17.0 Å². The van der Waals surface area contributed by atoms with Crippen LogP contribution in [0.25, 0.3) is 0 Å². The van der Waals surface area contributed by atoms with Crippen LogP contribution in [0.3, 0.4) is 0 Å². The lowest BCUT2D eigenvalue weighted by molar-refractivity contribution is 0.560. The number of halogens is 4. The first-order valence-corrected chi connectivity index (χ1v) is 6.47. The van der Waals surface area contributed by atoms with Crippen LogP contribution < -0.4 is 0 Å². The summed E-state index contributed by atoms with van der Waals surface area (Å²) in [6, 6.07) is 7.28. The minimum Gasteiger partial charge on any atom is -0.207 e. The molecule has 1 unspecified atom stereocenters. The van der Waals surface area contributed by atoms with Gasteiger partial charge in [0.25, 0.3) is 0 Å². The van der Waals surface area contributed by atoms with E-state index in [-0.39, 0.29) is 5.56 Å². The Bertz CT molecular complexity index is 492. The molecule has 0 amide bonds. The Hall–Kier alpha value is -0.450. The van der Waals surface area contributed by atoms with Crippen molar-refractivity contribution in [1.82, 2.24) is 0 Å². The summed E-state index contributed by atoms with van der Waals surface area (Å²) in [6.07, 6.45) is 0. The van der Waals surface area contributed by atoms with Crippen LogP contribution >= 0.6 is 38.9 Å². The van der Waals surface area contributed by atoms with Crippen LogP contribution in [-0.2, 0) is 0 Å². The van der Waals surface area contributed by atoms with E-state index in [1.165, 1.54) is 29.5 Å². The fourth-order valence-corrected chi connectivity index (χ4v) is 3.19. The average molecular weight is 324 g/mol. The van der Waals surface area contributed by atoms with Crippen molar-refractivity contribution in [3.8, 4) is 0 Å². The van der Waals surface area contributed by atoms with Gasteiger partial charge in [-0.2, -0.15) is 0 Å². The summed E-state index contributed by atoms with van der Waals surface area (Å²) in [4.78, 5) is 0.706. The zero-order valence-corrected chi connectivity index (χ0v) is 11.0. The Morgan fingerprint density at radius 2 is 1.75 bits per heavy atom. The lowest BCUT2D eigenvalue weighted by Gasteiger charge is -2.09. The van der Waals surface area contributed by atoms with Crippen LogP contribution in [0.2, 0.25) is 0 Å². The summed E-state index contributed by atoms with van der Waals surface area (Å²) in [6.45, 7) is 0. The highest BCUT2D eigenvalue weighted by molar-refractivity contribution is 9.11. The van der Waals surface area contributed by atoms with E-state index in [4.69, 9.17) is 11.6 Å². The van der Waals surface area contributed by atoms with E-state index in [0.717, 1.165) is 3.79 Å². The molecule has 5 heteroatoms. The maximum absolute atomic E-state index is 13.5. The monoisotopic (exact) mass is 322 g/mol. The van der Waals surface area contributed by atoms with Gasteiger partial charge in [0.2, 0.25) is 0 Å². The topological polar surface area (TPSA) is 0 Å². The minimum atomic E-state index is -0.794. The first-order chi connectivity index (χ1) is 7.59. The molecule has 1 aromatic heterocycles. The lowest BCUT2D eigenvalue weighted by atomic mass is 10.1. The smallest absolute Gasteiger partial charge is 0.131 e. The van der Waals surface area contributed by atoms with Gasteiger partial charge in [0.1, 0.15) is 11.6 Å². The molecule has 0 aliphatic rings. The molecule has 1 atom stereocenters. The maximum Gasteiger partial charge on any atom is 0.131 e. The Labute approximate surface area is 109 Å². The van der Waals surface area contributed by atoms with Gasteiger partial charge in [0.15, 0.2) is 0 Å². The zero-order valence-electron chi connectivity index (χ0n) is 7.88. The molecule has 0 saturated carbocycles. The second-order valence-electron chi connectivity index (χ2n) is 3.14. The van der Waals surface area contributed by atoms with E-state index in [1.54, 1.807) is 12.1 Å². The number of thiophene rings is 1. The molecular weight excluding hydrogens is 318 g/mol. The summed E-state index contributed by atoms with van der Waals surface area (Å²) in [5, 5.41) is -0.794. The van der Waals surface area contributed by atoms with Crippen molar-refractivity contribution in [2.24, 2.45) is 0 Å². The third kappa shape index (κ3) is 2.29. The van der Waals surface area contributed by atoms with E-state index in [0.29, 0.717) is 4.88 Å². The second kappa shape index (κ2) is 4.82. The van der Waals surface area contributed by atoms with E-state index in [2.05, 4.69) is 15.9 Å². The van der Waals surface area contributed by atoms with Gasteiger partial charge in [0, 0.05) is 10.4 Å². The van der Waals surface area contributed by atoms with Crippen molar-refractivity contribution >= 4 is 38.9 Å². The molecule has 0 fully saturated rings. The first kappa shape index (κ1) is 12.0. The van der Waals surface area contributed by atoms with E-state index >= 15 is 0 Å². The maximum atomic E-state index is 13.5. The second-order valence-corrected chi connectivity index (χ2v) is 6.07. The van der Waals surface area contributed by atoms with Crippen LogP contribution in [0.1, 0.15) is 15.8 Å². The van der Waals surface area contributed by atoms with Gasteiger partial charge in [-0.3, -0.25) is 0 Å². The van der Waals surface area contributed by atoms with Crippen LogP contribution in [-0.4, -0.2) is 0 Å². The van der Waals surface area contributed by atoms with Gasteiger partial charge in [-0.15, -0.1) is 22.9 Å². The van der Waals surface area contributed by atoms with Crippen LogP contribution in [0.4, 0.5) is 8.78 Å². The third-order valence-corrected chi connectivity index (χ3v) is 4.37. The summed E-state index contributed by atoms with van der Waals surface area (Å²) >= 11 is 10.7. The summed E-state index contributed by atoms with van der Waals surface area (Å²) in [7, 11) is 0. The molecule has 0 aliphatic carbocycles. The van der Waals surface area contributed by atoms with Crippen molar-refractivity contribution in [2.75, 3.05) is 0 Å². The highest BCUT2D eigenvalue weighted by Gasteiger charge is 2.20. The standard InChI is InChI=1S/C11H6BrClF2S/c12-9-5-4-8(16-9)11(13)10-6(14)2-1-3-7(10)15/h1-5,11H. The molecule has 1 heterocycles. The molecular formula is C11H6BrClF2S. The average Bonchev–Trinajstić information content (AvgIpc) is 2.64. The van der Waals surface area contributed by atoms with Gasteiger partial charge < -0.3 is 0 Å². The molecule has 16 heavy (non-hydrogen) atoms. The zero-order chi connectivity index (χ0) is 11.7. The normalized spacial score (nSPS) is 12.8. The van der Waals surface area contributed by atoms with Gasteiger partial charge >= 0.3 is 0 Å². The molecule has 0 saturated heterocycles. The third-order valence-electron chi connectivity index (χ3n) is 2.10. The summed E-state index contributed by atoms with van der Waals surface area (Å²) in [5.41, 5.74) is -0.0986. The van der Waals surface area contributed by atoms with Gasteiger partial charge in [-0.05, 0) is 40.2 Å². The van der Waals surface area contributed by atoms with Crippen molar-refractivity contribution in [3.05, 3.63) is 56.2 Å². The molecule has 2 aromatic rings. The predicted octanol–water partition coefficient (Wildman–Crippen LogP) is 5.12. The fraction of sp³-hybridized carbons (Fsp3) is 0.0909. The number of hydrogen-bond acceptors (Lipinski definition) is 1. The number of benzene rings is 1. The molecule has 0 spiro atoms. The van der Waals surface area contributed by atoms with Crippen molar-refractivity contribution < 1.29 is 8.78 Å². The minimum absolute atomic E-state index is 0.0986. The molecule has 0 aliphatic heterocycles. The summed E-state index contributed by atoms with van der Waals surface area (Å²) in [5.74, 6) is -1.24. The number of hydrogen-bond donors (Lipinski definition) is 0. The number of alkyl halides is 1. The highest BCUT2D eigenvalue weighted by atomic mass is 79.9. The Morgan fingerprint density at radius 3 is 2.25 bits per heavy atom. The summed E-state index contributed by atoms with van der Waals surface area (Å²) < 4.78 is 27.8. The molecule has 0 nitrogen and oxygen atoms in total. The Morgan fingerprint density at radius 1 is 1.12 bits per heavy atom. The molecule has 84 valence electrons. The highest BCUT2D eigenvalue weighted by Crippen LogP contribution is 2.37. The van der Waals surface area contributed by atoms with Crippen LogP contribution in [0.5, 0.6) is 0 Å². The number of rotatable bonds is 2. The molecule has 0 radical (unpaired) electrons. The fourth-order valence-electron chi connectivity index (χ4n) is 1.36. The van der Waals surface area contributed by atoms with Gasteiger partial charge in [-0.1, -0.05) is 6.07 Å². The quantitative estimate of drug-likeness (QED) is 0.673. The Balaban J connectivity index is 2.45. The first-order valence-electron chi connectivity index (χ1n) is 4.43. The predicted molar refractivity (Wildman–Crippen MR) is 66.1 cm³/mol. The van der Waals surface area contributed by atoms with Crippen LogP contribution in [0.15, 0.2) is 34.1 Å². The lowest BCUT2D eigenvalue weighted by Crippen LogP contribution is -1.98. The van der Waals surface area contributed by atoms with Crippen LogP contribution in [0, 0.1) is 11.6 Å².